The molecule has 0 atom stereocenters. The van der Waals surface area contributed by atoms with Gasteiger partial charge < -0.3 is 20.2 Å². The molecule has 0 unspecified atom stereocenters. The molecule has 1 aliphatic carbocycles. The lowest BCUT2D eigenvalue weighted by atomic mass is 9.85. The minimum atomic E-state index is -0.967. The average molecular weight is 495 g/mol. The van der Waals surface area contributed by atoms with Gasteiger partial charge in [-0.3, -0.25) is 4.79 Å². The normalized spacial score (nSPS) is 17.8. The Morgan fingerprint density at radius 2 is 1.92 bits per heavy atom. The summed E-state index contributed by atoms with van der Waals surface area (Å²) >= 11 is 0. The van der Waals surface area contributed by atoms with Crippen molar-refractivity contribution >= 4 is 23.5 Å². The van der Waals surface area contributed by atoms with Crippen LogP contribution in [0.1, 0.15) is 90.7 Å². The van der Waals surface area contributed by atoms with E-state index in [2.05, 4.69) is 34.0 Å². The van der Waals surface area contributed by atoms with Crippen LogP contribution in [0, 0.1) is 19.8 Å². The molecule has 2 aliphatic rings. The third-order valence-corrected chi connectivity index (χ3v) is 7.42. The van der Waals surface area contributed by atoms with E-state index in [0.717, 1.165) is 23.9 Å². The molecule has 0 spiro atoms. The summed E-state index contributed by atoms with van der Waals surface area (Å²) in [5.74, 6) is 1.27. The van der Waals surface area contributed by atoms with Gasteiger partial charge in [0, 0.05) is 26.2 Å². The Bertz CT molecular complexity index is 1140. The Morgan fingerprint density at radius 1 is 1.19 bits per heavy atom. The van der Waals surface area contributed by atoms with E-state index in [1.807, 2.05) is 24.8 Å². The Balaban J connectivity index is 1.51. The lowest BCUT2D eigenvalue weighted by molar-refractivity contribution is 0.0506. The van der Waals surface area contributed by atoms with Crippen molar-refractivity contribution in [2.24, 2.45) is 5.92 Å². The molecule has 0 aromatic carbocycles. The van der Waals surface area contributed by atoms with Crippen molar-refractivity contribution < 1.29 is 14.7 Å². The molecule has 2 N–H and O–H groups in total. The molecule has 2 aromatic rings. The van der Waals surface area contributed by atoms with Crippen LogP contribution in [-0.2, 0) is 0 Å². The van der Waals surface area contributed by atoms with Gasteiger partial charge in [-0.25, -0.2) is 19.7 Å². The molecule has 4 rings (SSSR count). The van der Waals surface area contributed by atoms with Crippen LogP contribution >= 0.6 is 0 Å². The highest BCUT2D eigenvalue weighted by atomic mass is 16.4. The van der Waals surface area contributed by atoms with Crippen molar-refractivity contribution in [1.29, 1.82) is 0 Å². The monoisotopic (exact) mass is 494 g/mol. The van der Waals surface area contributed by atoms with Gasteiger partial charge in [-0.05, 0) is 64.0 Å². The van der Waals surface area contributed by atoms with Gasteiger partial charge in [-0.15, -0.1) is 0 Å². The zero-order valence-electron chi connectivity index (χ0n) is 22.3. The minimum absolute atomic E-state index is 0.124. The summed E-state index contributed by atoms with van der Waals surface area (Å²) in [4.78, 5) is 43.1. The molecule has 36 heavy (non-hydrogen) atoms. The summed E-state index contributed by atoms with van der Waals surface area (Å²) in [7, 11) is 0. The Hall–Kier alpha value is -3.23. The van der Waals surface area contributed by atoms with E-state index in [1.54, 1.807) is 20.0 Å². The maximum atomic E-state index is 13.6. The molecule has 1 saturated carbocycles. The number of hydrogen-bond acceptors (Lipinski definition) is 7. The fourth-order valence-corrected chi connectivity index (χ4v) is 5.14. The summed E-state index contributed by atoms with van der Waals surface area (Å²) in [6.07, 6.45) is 5.41. The molecule has 0 radical (unpaired) electrons. The second kappa shape index (κ2) is 10.0. The number of carbonyl (C=O) groups excluding carboxylic acids is 1. The number of aromatic carboxylic acids is 1. The van der Waals surface area contributed by atoms with Gasteiger partial charge in [0.2, 0.25) is 0 Å². The molecule has 2 aromatic heterocycles. The zero-order chi connectivity index (χ0) is 26.2. The van der Waals surface area contributed by atoms with Crippen molar-refractivity contribution in [3.8, 4) is 0 Å². The summed E-state index contributed by atoms with van der Waals surface area (Å²) < 4.78 is 0. The molecule has 3 heterocycles. The Kier molecular flexibility index (Phi) is 7.20. The van der Waals surface area contributed by atoms with Crippen LogP contribution in [0.25, 0.3) is 0 Å². The largest absolute Gasteiger partial charge is 0.478 e. The lowest BCUT2D eigenvalue weighted by Crippen LogP contribution is -2.61. The lowest BCUT2D eigenvalue weighted by Gasteiger charge is -2.47. The van der Waals surface area contributed by atoms with E-state index in [4.69, 9.17) is 4.98 Å². The third-order valence-electron chi connectivity index (χ3n) is 7.42. The number of anilines is 2. The minimum Gasteiger partial charge on any atom is -0.478 e. The van der Waals surface area contributed by atoms with Crippen LogP contribution in [0.2, 0.25) is 0 Å². The van der Waals surface area contributed by atoms with Gasteiger partial charge in [-0.1, -0.05) is 20.3 Å². The topological polar surface area (TPSA) is 112 Å². The first-order chi connectivity index (χ1) is 17.0. The van der Waals surface area contributed by atoms with Crippen LogP contribution in [0.4, 0.5) is 11.6 Å². The van der Waals surface area contributed by atoms with E-state index in [9.17, 15) is 14.7 Å². The van der Waals surface area contributed by atoms with Crippen molar-refractivity contribution in [3.05, 3.63) is 40.5 Å². The quantitative estimate of drug-likeness (QED) is 0.587. The number of nitrogens with one attached hydrogen (secondary N) is 1. The molecular weight excluding hydrogens is 456 g/mol. The Labute approximate surface area is 213 Å². The summed E-state index contributed by atoms with van der Waals surface area (Å²) in [6, 6.07) is 1.82. The van der Waals surface area contributed by atoms with Crippen molar-refractivity contribution in [2.75, 3.05) is 36.4 Å². The fraction of sp³-hybridized carbons (Fsp3) is 0.593. The number of piperazine rings is 1. The zero-order valence-corrected chi connectivity index (χ0v) is 22.3. The molecule has 1 saturated heterocycles. The van der Waals surface area contributed by atoms with E-state index >= 15 is 0 Å². The summed E-state index contributed by atoms with van der Waals surface area (Å²) in [5.41, 5.74) is 2.14. The maximum absolute atomic E-state index is 13.6. The number of carbonyl (C=O) groups is 2. The van der Waals surface area contributed by atoms with E-state index in [-0.39, 0.29) is 17.4 Å². The van der Waals surface area contributed by atoms with Gasteiger partial charge in [-0.2, -0.15) is 0 Å². The van der Waals surface area contributed by atoms with Gasteiger partial charge in [0.25, 0.3) is 5.91 Å². The molecule has 2 fully saturated rings. The number of aryl methyl sites for hydroxylation is 2. The molecular formula is C27H38N6O3. The number of carboxylic acid groups (broad SMARTS) is 1. The van der Waals surface area contributed by atoms with E-state index in [0.29, 0.717) is 42.5 Å². The number of nitrogens with zero attached hydrogens (tertiary/aromatic N) is 5. The predicted octanol–water partition coefficient (Wildman–Crippen LogP) is 4.26. The van der Waals surface area contributed by atoms with Gasteiger partial charge in [0.15, 0.2) is 0 Å². The molecule has 9 heteroatoms. The number of hydrogen-bond donors (Lipinski definition) is 2. The van der Waals surface area contributed by atoms with Crippen molar-refractivity contribution in [1.82, 2.24) is 19.9 Å². The molecule has 1 amide bonds. The molecule has 1 aliphatic heterocycles. The van der Waals surface area contributed by atoms with E-state index < -0.39 is 11.5 Å². The highest BCUT2D eigenvalue weighted by Gasteiger charge is 2.38. The second-order valence-electron chi connectivity index (χ2n) is 11.1. The molecule has 9 nitrogen and oxygen atoms in total. The number of rotatable bonds is 7. The first kappa shape index (κ1) is 25.9. The smallest absolute Gasteiger partial charge is 0.337 e. The first-order valence-electron chi connectivity index (χ1n) is 12.9. The van der Waals surface area contributed by atoms with Crippen LogP contribution in [-0.4, -0.2) is 68.6 Å². The van der Waals surface area contributed by atoms with Gasteiger partial charge in [0.05, 0.1) is 28.7 Å². The van der Waals surface area contributed by atoms with Crippen molar-refractivity contribution in [2.45, 2.75) is 72.3 Å². The molecule has 0 bridgehead atoms. The molecule has 194 valence electrons. The van der Waals surface area contributed by atoms with Gasteiger partial charge >= 0.3 is 5.97 Å². The number of carboxylic acids is 1. The van der Waals surface area contributed by atoms with Crippen LogP contribution in [0.5, 0.6) is 0 Å². The summed E-state index contributed by atoms with van der Waals surface area (Å²) in [5, 5.41) is 12.9. The highest BCUT2D eigenvalue weighted by Crippen LogP contribution is 2.30. The van der Waals surface area contributed by atoms with Crippen LogP contribution in [0.3, 0.4) is 0 Å². The second-order valence-corrected chi connectivity index (χ2v) is 11.1. The first-order valence-corrected chi connectivity index (χ1v) is 12.9. The number of pyridine rings is 1. The van der Waals surface area contributed by atoms with Crippen LogP contribution in [0.15, 0.2) is 12.3 Å². The maximum Gasteiger partial charge on any atom is 0.337 e. The van der Waals surface area contributed by atoms with Gasteiger partial charge in [0.1, 0.15) is 17.3 Å². The number of amides is 1. The van der Waals surface area contributed by atoms with Crippen molar-refractivity contribution in [3.63, 3.8) is 0 Å². The standard InChI is InChI=1S/C27H38N6O3/c1-16(2)23-24(28-13-19-8-7-9-19)29-14-20(31-23)25(34)33-11-10-32(15-27(33,5)6)21-12-17(3)22(26(35)36)18(4)30-21/h12,14,16,19H,7-11,13,15H2,1-6H3,(H,28,29)(H,35,36). The van der Waals surface area contributed by atoms with E-state index in [1.165, 1.54) is 19.3 Å². The number of aromatic nitrogens is 3. The average Bonchev–Trinajstić information content (AvgIpc) is 2.76. The highest BCUT2D eigenvalue weighted by molar-refractivity contribution is 5.93. The van der Waals surface area contributed by atoms with Crippen LogP contribution < -0.4 is 10.2 Å². The third kappa shape index (κ3) is 5.15. The summed E-state index contributed by atoms with van der Waals surface area (Å²) in [6.45, 7) is 14.3. The predicted molar refractivity (Wildman–Crippen MR) is 140 cm³/mol. The SMILES string of the molecule is Cc1cc(N2CCN(C(=O)c3cnc(NCC4CCC4)c(C(C)C)n3)C(C)(C)C2)nc(C)c1C(=O)O. The Morgan fingerprint density at radius 3 is 2.47 bits per heavy atom. The fourth-order valence-electron chi connectivity index (χ4n) is 5.14.